The molecule has 1 aliphatic heterocycles. The molecule has 2 N–H and O–H groups in total. The van der Waals surface area contributed by atoms with E-state index in [0.29, 0.717) is 37.9 Å². The monoisotopic (exact) mass is 416 g/mol. The highest BCUT2D eigenvalue weighted by atomic mass is 32.2. The van der Waals surface area contributed by atoms with Crippen LogP contribution >= 0.6 is 11.8 Å². The van der Waals surface area contributed by atoms with Crippen molar-refractivity contribution in [2.75, 3.05) is 58.2 Å². The molecule has 27 heavy (non-hydrogen) atoms. The molecule has 1 heterocycles. The van der Waals surface area contributed by atoms with Gasteiger partial charge in [-0.15, -0.1) is 0 Å². The Morgan fingerprint density at radius 1 is 1.22 bits per heavy atom. The van der Waals surface area contributed by atoms with E-state index in [1.165, 1.54) is 0 Å². The molecule has 0 saturated carbocycles. The van der Waals surface area contributed by atoms with Crippen molar-refractivity contribution < 1.29 is 17.9 Å². The van der Waals surface area contributed by atoms with Crippen LogP contribution in [-0.4, -0.2) is 76.8 Å². The molecule has 1 aromatic carbocycles. The van der Waals surface area contributed by atoms with Gasteiger partial charge >= 0.3 is 0 Å². The number of ether oxygens (including phenoxy) is 2. The Hall–Kier alpha value is -1.65. The van der Waals surface area contributed by atoms with E-state index < -0.39 is 10.0 Å². The summed E-state index contributed by atoms with van der Waals surface area (Å²) in [4.78, 5) is 4.14. The number of nitrogens with zero attached hydrogens (tertiary/aromatic N) is 2. The van der Waals surface area contributed by atoms with Crippen LogP contribution in [-0.2, 0) is 16.6 Å². The summed E-state index contributed by atoms with van der Waals surface area (Å²) in [6.45, 7) is 1.98. The lowest BCUT2D eigenvalue weighted by atomic mass is 10.2. The van der Waals surface area contributed by atoms with Crippen molar-refractivity contribution in [3.05, 3.63) is 23.8 Å². The van der Waals surface area contributed by atoms with Crippen molar-refractivity contribution in [1.29, 1.82) is 0 Å². The summed E-state index contributed by atoms with van der Waals surface area (Å²) < 4.78 is 36.9. The van der Waals surface area contributed by atoms with Crippen LogP contribution in [0.5, 0.6) is 11.5 Å². The molecule has 0 aliphatic carbocycles. The quantitative estimate of drug-likeness (QED) is 0.477. The summed E-state index contributed by atoms with van der Waals surface area (Å²) in [5, 5.41) is 6.23. The first-order valence-electron chi connectivity index (χ1n) is 8.71. The third kappa shape index (κ3) is 6.47. The Morgan fingerprint density at radius 3 is 2.59 bits per heavy atom. The number of aliphatic imine (C=N–C) groups is 1. The van der Waals surface area contributed by atoms with Crippen molar-refractivity contribution >= 4 is 27.7 Å². The smallest absolute Gasteiger partial charge is 0.215 e. The van der Waals surface area contributed by atoms with Gasteiger partial charge in [-0.25, -0.2) is 12.7 Å². The van der Waals surface area contributed by atoms with E-state index in [0.717, 1.165) is 22.8 Å². The predicted molar refractivity (Wildman–Crippen MR) is 110 cm³/mol. The van der Waals surface area contributed by atoms with Gasteiger partial charge in [0.15, 0.2) is 5.96 Å². The van der Waals surface area contributed by atoms with E-state index in [4.69, 9.17) is 9.47 Å². The van der Waals surface area contributed by atoms with E-state index in [9.17, 15) is 8.42 Å². The molecule has 0 unspecified atom stereocenters. The zero-order valence-corrected chi connectivity index (χ0v) is 17.7. The Balaban J connectivity index is 1.84. The summed E-state index contributed by atoms with van der Waals surface area (Å²) in [5.41, 5.74) is 0.944. The summed E-state index contributed by atoms with van der Waals surface area (Å²) >= 11 is 1.79. The van der Waals surface area contributed by atoms with Gasteiger partial charge in [-0.2, -0.15) is 11.8 Å². The number of hydrogen-bond donors (Lipinski definition) is 2. The Bertz CT molecular complexity index is 734. The molecule has 2 rings (SSSR count). The van der Waals surface area contributed by atoms with Crippen LogP contribution in [0.25, 0.3) is 0 Å². The number of benzene rings is 1. The van der Waals surface area contributed by atoms with Gasteiger partial charge in [0.25, 0.3) is 0 Å². The fraction of sp³-hybridized carbons (Fsp3) is 0.588. The number of hydrogen-bond acceptors (Lipinski definition) is 6. The van der Waals surface area contributed by atoms with Crippen molar-refractivity contribution in [1.82, 2.24) is 14.9 Å². The number of nitrogens with one attached hydrogen (secondary N) is 2. The minimum absolute atomic E-state index is 0.0459. The lowest BCUT2D eigenvalue weighted by molar-refractivity contribution is 0.390. The highest BCUT2D eigenvalue weighted by molar-refractivity contribution is 7.99. The maximum Gasteiger partial charge on any atom is 0.215 e. The fourth-order valence-electron chi connectivity index (χ4n) is 2.65. The van der Waals surface area contributed by atoms with Crippen LogP contribution in [0.15, 0.2) is 23.2 Å². The van der Waals surface area contributed by atoms with Crippen molar-refractivity contribution in [3.8, 4) is 11.5 Å². The Kier molecular flexibility index (Phi) is 8.52. The summed E-state index contributed by atoms with van der Waals surface area (Å²) in [6, 6.07) is 5.59. The van der Waals surface area contributed by atoms with Gasteiger partial charge in [-0.3, -0.25) is 4.99 Å². The zero-order chi connectivity index (χ0) is 19.7. The van der Waals surface area contributed by atoms with Crippen LogP contribution < -0.4 is 20.1 Å². The third-order valence-electron chi connectivity index (χ3n) is 4.18. The van der Waals surface area contributed by atoms with Gasteiger partial charge in [0.1, 0.15) is 11.5 Å². The molecule has 0 aromatic heterocycles. The molecule has 0 bridgehead atoms. The molecule has 10 heteroatoms. The van der Waals surface area contributed by atoms with E-state index in [-0.39, 0.29) is 5.75 Å². The van der Waals surface area contributed by atoms with E-state index in [1.54, 1.807) is 37.3 Å². The van der Waals surface area contributed by atoms with Crippen molar-refractivity contribution in [2.45, 2.75) is 6.54 Å². The van der Waals surface area contributed by atoms with Crippen LogP contribution in [0, 0.1) is 0 Å². The Labute approximate surface area is 165 Å². The molecule has 0 radical (unpaired) electrons. The van der Waals surface area contributed by atoms with Crippen LogP contribution in [0.3, 0.4) is 0 Å². The van der Waals surface area contributed by atoms with Crippen LogP contribution in [0.4, 0.5) is 0 Å². The molecule has 1 aliphatic rings. The zero-order valence-electron chi connectivity index (χ0n) is 16.0. The number of rotatable bonds is 8. The largest absolute Gasteiger partial charge is 0.497 e. The first kappa shape index (κ1) is 21.6. The van der Waals surface area contributed by atoms with Crippen LogP contribution in [0.2, 0.25) is 0 Å². The van der Waals surface area contributed by atoms with Crippen molar-refractivity contribution in [2.24, 2.45) is 4.99 Å². The second-order valence-corrected chi connectivity index (χ2v) is 9.17. The maximum atomic E-state index is 12.4. The summed E-state index contributed by atoms with van der Waals surface area (Å²) in [6.07, 6.45) is 0. The number of methoxy groups -OCH3 is 2. The topological polar surface area (TPSA) is 92.3 Å². The van der Waals surface area contributed by atoms with E-state index >= 15 is 0 Å². The second-order valence-electron chi connectivity index (χ2n) is 5.86. The Morgan fingerprint density at radius 2 is 1.96 bits per heavy atom. The second kappa shape index (κ2) is 10.6. The number of sulfonamides is 1. The minimum atomic E-state index is -3.23. The van der Waals surface area contributed by atoms with Gasteiger partial charge in [0, 0.05) is 56.4 Å². The average molecular weight is 417 g/mol. The molecule has 1 aromatic rings. The van der Waals surface area contributed by atoms with Gasteiger partial charge in [0.2, 0.25) is 10.0 Å². The van der Waals surface area contributed by atoms with Crippen LogP contribution in [0.1, 0.15) is 5.56 Å². The molecule has 1 saturated heterocycles. The maximum absolute atomic E-state index is 12.4. The first-order chi connectivity index (χ1) is 13.0. The first-order valence-corrected chi connectivity index (χ1v) is 11.5. The molecule has 0 amide bonds. The number of guanidine groups is 1. The summed E-state index contributed by atoms with van der Waals surface area (Å²) in [7, 11) is 1.63. The standard InChI is InChI=1S/C17H28N4O4S2/c1-18-17(19-6-11-27(22,23)21-7-9-26-10-8-21)20-13-14-4-5-15(24-2)12-16(14)25-3/h4-5,12H,6-11,13H2,1-3H3,(H2,18,19,20). The molecular formula is C17H28N4O4S2. The third-order valence-corrected chi connectivity index (χ3v) is 6.99. The summed E-state index contributed by atoms with van der Waals surface area (Å²) in [5.74, 6) is 3.74. The normalized spacial score (nSPS) is 16.0. The molecule has 0 spiro atoms. The molecule has 152 valence electrons. The van der Waals surface area contributed by atoms with Gasteiger partial charge < -0.3 is 20.1 Å². The fourth-order valence-corrected chi connectivity index (χ4v) is 5.14. The van der Waals surface area contributed by atoms with Crippen molar-refractivity contribution in [3.63, 3.8) is 0 Å². The lowest BCUT2D eigenvalue weighted by Crippen LogP contribution is -2.44. The van der Waals surface area contributed by atoms with Gasteiger partial charge in [0.05, 0.1) is 20.0 Å². The SMILES string of the molecule is CN=C(NCCS(=O)(=O)N1CCSCC1)NCc1ccc(OC)cc1OC. The van der Waals surface area contributed by atoms with Gasteiger partial charge in [-0.1, -0.05) is 0 Å². The molecule has 1 fully saturated rings. The van der Waals surface area contributed by atoms with Gasteiger partial charge in [-0.05, 0) is 12.1 Å². The highest BCUT2D eigenvalue weighted by Gasteiger charge is 2.23. The number of thioether (sulfide) groups is 1. The van der Waals surface area contributed by atoms with E-state index in [1.807, 2.05) is 18.2 Å². The average Bonchev–Trinajstić information content (AvgIpc) is 2.71. The predicted octanol–water partition coefficient (Wildman–Crippen LogP) is 0.747. The molecular weight excluding hydrogens is 388 g/mol. The molecule has 8 nitrogen and oxygen atoms in total. The minimum Gasteiger partial charge on any atom is -0.497 e. The lowest BCUT2D eigenvalue weighted by Gasteiger charge is -2.25. The highest BCUT2D eigenvalue weighted by Crippen LogP contribution is 2.24. The molecule has 0 atom stereocenters. The van der Waals surface area contributed by atoms with E-state index in [2.05, 4.69) is 15.6 Å².